The molecule has 0 spiro atoms. The zero-order chi connectivity index (χ0) is 18.2. The van der Waals surface area contributed by atoms with Gasteiger partial charge in [0.1, 0.15) is 5.60 Å². The van der Waals surface area contributed by atoms with E-state index in [-0.39, 0.29) is 24.0 Å². The molecule has 0 aromatic heterocycles. The third kappa shape index (κ3) is 11.6. The summed E-state index contributed by atoms with van der Waals surface area (Å²) in [4.78, 5) is 16.0. The molecule has 7 heteroatoms. The molecule has 0 aliphatic carbocycles. The van der Waals surface area contributed by atoms with Crippen LogP contribution in [0.1, 0.15) is 40.2 Å². The monoisotopic (exact) mass is 462 g/mol. The fraction of sp³-hybridized carbons (Fsp3) is 0.556. The van der Waals surface area contributed by atoms with E-state index in [1.807, 2.05) is 45.0 Å². The first-order valence-electron chi connectivity index (χ1n) is 8.28. The Hall–Kier alpha value is -1.51. The van der Waals surface area contributed by atoms with Crippen molar-refractivity contribution in [2.75, 3.05) is 18.4 Å². The van der Waals surface area contributed by atoms with Gasteiger partial charge in [-0.05, 0) is 50.8 Å². The van der Waals surface area contributed by atoms with E-state index in [1.54, 1.807) is 0 Å². The third-order valence-corrected chi connectivity index (χ3v) is 2.95. The Bertz CT molecular complexity index is 551. The van der Waals surface area contributed by atoms with E-state index < -0.39 is 11.7 Å². The van der Waals surface area contributed by atoms with Gasteiger partial charge in [0.15, 0.2) is 5.96 Å². The van der Waals surface area contributed by atoms with Gasteiger partial charge in [-0.15, -0.1) is 24.0 Å². The SMILES string of the molecule is CC(C)CN=C(N)NCCc1ccc(NC(=O)OC(C)(C)C)cc1.I. The van der Waals surface area contributed by atoms with Gasteiger partial charge in [-0.1, -0.05) is 26.0 Å². The van der Waals surface area contributed by atoms with E-state index in [4.69, 9.17) is 10.5 Å². The van der Waals surface area contributed by atoms with Crippen LogP contribution in [-0.2, 0) is 11.2 Å². The molecule has 0 aliphatic rings. The van der Waals surface area contributed by atoms with Crippen LogP contribution in [0.2, 0.25) is 0 Å². The van der Waals surface area contributed by atoms with Crippen LogP contribution < -0.4 is 16.4 Å². The first-order valence-corrected chi connectivity index (χ1v) is 8.28. The molecular formula is C18H31IN4O2. The Labute approximate surface area is 168 Å². The molecular weight excluding hydrogens is 431 g/mol. The molecule has 1 amide bonds. The van der Waals surface area contributed by atoms with Crippen molar-refractivity contribution >= 4 is 41.7 Å². The molecule has 6 nitrogen and oxygen atoms in total. The normalized spacial score (nSPS) is 11.7. The number of nitrogens with zero attached hydrogens (tertiary/aromatic N) is 1. The summed E-state index contributed by atoms with van der Waals surface area (Å²) >= 11 is 0. The maximum atomic E-state index is 11.7. The number of rotatable bonds is 6. The number of hydrogen-bond acceptors (Lipinski definition) is 3. The smallest absolute Gasteiger partial charge is 0.412 e. The van der Waals surface area contributed by atoms with E-state index in [2.05, 4.69) is 29.5 Å². The second-order valence-corrected chi connectivity index (χ2v) is 7.12. The fourth-order valence-corrected chi connectivity index (χ4v) is 1.85. The van der Waals surface area contributed by atoms with E-state index >= 15 is 0 Å². The standard InChI is InChI=1S/C18H30N4O2.HI/c1-13(2)12-21-16(19)20-11-10-14-6-8-15(9-7-14)22-17(23)24-18(3,4)5;/h6-9,13H,10-12H2,1-5H3,(H,22,23)(H3,19,20,21);1H. The van der Waals surface area contributed by atoms with Crippen molar-refractivity contribution in [3.8, 4) is 0 Å². The quantitative estimate of drug-likeness (QED) is 0.341. The van der Waals surface area contributed by atoms with Crippen molar-refractivity contribution in [3.05, 3.63) is 29.8 Å². The van der Waals surface area contributed by atoms with Crippen molar-refractivity contribution in [3.63, 3.8) is 0 Å². The fourth-order valence-electron chi connectivity index (χ4n) is 1.85. The van der Waals surface area contributed by atoms with Gasteiger partial charge in [-0.2, -0.15) is 0 Å². The van der Waals surface area contributed by atoms with Crippen molar-refractivity contribution < 1.29 is 9.53 Å². The molecule has 1 aromatic rings. The average Bonchev–Trinajstić information content (AvgIpc) is 2.45. The Kier molecular flexibility index (Phi) is 10.5. The molecule has 0 aliphatic heterocycles. The predicted octanol–water partition coefficient (Wildman–Crippen LogP) is 3.75. The number of guanidine groups is 1. The number of hydrogen-bond donors (Lipinski definition) is 3. The number of carbonyl (C=O) groups is 1. The number of benzene rings is 1. The van der Waals surface area contributed by atoms with Gasteiger partial charge < -0.3 is 15.8 Å². The Morgan fingerprint density at radius 2 is 1.84 bits per heavy atom. The van der Waals surface area contributed by atoms with Gasteiger partial charge >= 0.3 is 6.09 Å². The van der Waals surface area contributed by atoms with Crippen molar-refractivity contribution in [1.82, 2.24) is 5.32 Å². The summed E-state index contributed by atoms with van der Waals surface area (Å²) in [6.07, 6.45) is 0.371. The van der Waals surface area contributed by atoms with Crippen LogP contribution in [0.4, 0.5) is 10.5 Å². The molecule has 0 radical (unpaired) electrons. The lowest BCUT2D eigenvalue weighted by atomic mass is 10.1. The van der Waals surface area contributed by atoms with Crippen molar-refractivity contribution in [2.45, 2.75) is 46.6 Å². The van der Waals surface area contributed by atoms with Gasteiger partial charge in [-0.3, -0.25) is 10.3 Å². The second kappa shape index (κ2) is 11.2. The summed E-state index contributed by atoms with van der Waals surface area (Å²) in [5, 5.41) is 5.81. The van der Waals surface area contributed by atoms with Crippen LogP contribution in [0.3, 0.4) is 0 Å². The molecule has 0 saturated heterocycles. The number of aliphatic imine (C=N–C) groups is 1. The minimum Gasteiger partial charge on any atom is -0.444 e. The topological polar surface area (TPSA) is 88.7 Å². The number of anilines is 1. The first-order chi connectivity index (χ1) is 11.2. The lowest BCUT2D eigenvalue weighted by molar-refractivity contribution is 0.0636. The number of nitrogens with two attached hydrogens (primary N) is 1. The average molecular weight is 462 g/mol. The molecule has 0 saturated carbocycles. The molecule has 1 aromatic carbocycles. The number of halogens is 1. The maximum Gasteiger partial charge on any atom is 0.412 e. The lowest BCUT2D eigenvalue weighted by Gasteiger charge is -2.19. The second-order valence-electron chi connectivity index (χ2n) is 7.12. The predicted molar refractivity (Wildman–Crippen MR) is 115 cm³/mol. The van der Waals surface area contributed by atoms with E-state index in [0.717, 1.165) is 18.5 Å². The first kappa shape index (κ1) is 23.5. The number of ether oxygens (including phenoxy) is 1. The molecule has 1 rings (SSSR count). The van der Waals surface area contributed by atoms with Gasteiger partial charge in [-0.25, -0.2) is 4.79 Å². The van der Waals surface area contributed by atoms with Crippen LogP contribution in [0.25, 0.3) is 0 Å². The molecule has 4 N–H and O–H groups in total. The third-order valence-electron chi connectivity index (χ3n) is 2.95. The van der Waals surface area contributed by atoms with Crippen LogP contribution >= 0.6 is 24.0 Å². The molecule has 0 heterocycles. The van der Waals surface area contributed by atoms with Gasteiger partial charge in [0, 0.05) is 18.8 Å². The van der Waals surface area contributed by atoms with E-state index in [0.29, 0.717) is 24.1 Å². The molecule has 0 bridgehead atoms. The summed E-state index contributed by atoms with van der Waals surface area (Å²) in [6, 6.07) is 7.65. The summed E-state index contributed by atoms with van der Waals surface area (Å²) in [6.45, 7) is 11.1. The highest BCUT2D eigenvalue weighted by Gasteiger charge is 2.15. The largest absolute Gasteiger partial charge is 0.444 e. The van der Waals surface area contributed by atoms with E-state index in [1.165, 1.54) is 0 Å². The minimum absolute atomic E-state index is 0. The Morgan fingerprint density at radius 3 is 2.36 bits per heavy atom. The molecule has 0 atom stereocenters. The van der Waals surface area contributed by atoms with Crippen LogP contribution in [-0.4, -0.2) is 30.7 Å². The van der Waals surface area contributed by atoms with Gasteiger partial charge in [0.05, 0.1) is 0 Å². The number of nitrogens with one attached hydrogen (secondary N) is 2. The van der Waals surface area contributed by atoms with Gasteiger partial charge in [0.2, 0.25) is 0 Å². The van der Waals surface area contributed by atoms with Gasteiger partial charge in [0.25, 0.3) is 0 Å². The Morgan fingerprint density at radius 1 is 1.24 bits per heavy atom. The van der Waals surface area contributed by atoms with Crippen molar-refractivity contribution in [1.29, 1.82) is 0 Å². The van der Waals surface area contributed by atoms with E-state index in [9.17, 15) is 4.79 Å². The van der Waals surface area contributed by atoms with Crippen LogP contribution in [0.15, 0.2) is 29.3 Å². The maximum absolute atomic E-state index is 11.7. The Balaban J connectivity index is 0.00000576. The molecule has 25 heavy (non-hydrogen) atoms. The highest BCUT2D eigenvalue weighted by Crippen LogP contribution is 2.13. The van der Waals surface area contributed by atoms with Crippen molar-refractivity contribution in [2.24, 2.45) is 16.6 Å². The van der Waals surface area contributed by atoms with Crippen LogP contribution in [0, 0.1) is 5.92 Å². The summed E-state index contributed by atoms with van der Waals surface area (Å²) in [5.74, 6) is 0.974. The molecule has 0 unspecified atom stereocenters. The minimum atomic E-state index is -0.507. The lowest BCUT2D eigenvalue weighted by Crippen LogP contribution is -2.33. The highest BCUT2D eigenvalue weighted by atomic mass is 127. The molecule has 0 fully saturated rings. The number of amides is 1. The number of carbonyl (C=O) groups excluding carboxylic acids is 1. The zero-order valence-electron chi connectivity index (χ0n) is 15.8. The zero-order valence-corrected chi connectivity index (χ0v) is 18.1. The summed E-state index contributed by atoms with van der Waals surface area (Å²) < 4.78 is 5.22. The summed E-state index contributed by atoms with van der Waals surface area (Å²) in [5.41, 5.74) is 7.14. The summed E-state index contributed by atoms with van der Waals surface area (Å²) in [7, 11) is 0. The highest BCUT2D eigenvalue weighted by molar-refractivity contribution is 14.0. The molecule has 142 valence electrons. The van der Waals surface area contributed by atoms with Crippen LogP contribution in [0.5, 0.6) is 0 Å².